The molecule has 1 amide bonds. The molecule has 0 aliphatic heterocycles. The average molecular weight is 692 g/mol. The molecule has 5 heteroatoms. The number of aliphatic hydroxyl groups excluding tert-OH is 3. The minimum atomic E-state index is -0.928. The lowest BCUT2D eigenvalue weighted by atomic mass is 10.0. The molecule has 0 saturated heterocycles. The highest BCUT2D eigenvalue weighted by Gasteiger charge is 2.20. The summed E-state index contributed by atoms with van der Waals surface area (Å²) in [5.41, 5.74) is 0. The van der Waals surface area contributed by atoms with Crippen LogP contribution >= 0.6 is 0 Å². The lowest BCUT2D eigenvalue weighted by Gasteiger charge is -2.21. The quantitative estimate of drug-likeness (QED) is 0.0381. The van der Waals surface area contributed by atoms with Crippen LogP contribution in [0.15, 0.2) is 24.3 Å². The van der Waals surface area contributed by atoms with Crippen LogP contribution in [0.2, 0.25) is 0 Å². The van der Waals surface area contributed by atoms with Crippen molar-refractivity contribution in [2.24, 2.45) is 0 Å². The van der Waals surface area contributed by atoms with E-state index in [2.05, 4.69) is 31.3 Å². The van der Waals surface area contributed by atoms with E-state index in [0.717, 1.165) is 38.5 Å². The van der Waals surface area contributed by atoms with Crippen LogP contribution < -0.4 is 5.32 Å². The second-order valence-electron chi connectivity index (χ2n) is 15.0. The summed E-state index contributed by atoms with van der Waals surface area (Å²) in [5, 5.41) is 33.2. The van der Waals surface area contributed by atoms with Crippen molar-refractivity contribution in [3.8, 4) is 0 Å². The Hall–Kier alpha value is -1.17. The van der Waals surface area contributed by atoms with Gasteiger partial charge < -0.3 is 20.6 Å². The topological polar surface area (TPSA) is 89.8 Å². The summed E-state index contributed by atoms with van der Waals surface area (Å²) in [4.78, 5) is 12.4. The zero-order valence-electron chi connectivity index (χ0n) is 32.8. The SMILES string of the molecule is CCCCCCCCCCCCC/C=C\CCCCCCCC(O)CC(=O)NC(CO)C(O)/C=C/CCCCCCCCCCCCCC. The molecule has 0 radical (unpaired) electrons. The molecule has 0 aromatic carbocycles. The molecule has 0 aliphatic rings. The molecule has 290 valence electrons. The number of aliphatic hydroxyl groups is 3. The summed E-state index contributed by atoms with van der Waals surface area (Å²) in [5.74, 6) is -0.320. The number of nitrogens with one attached hydrogen (secondary N) is 1. The van der Waals surface area contributed by atoms with Crippen molar-refractivity contribution in [3.63, 3.8) is 0 Å². The Morgan fingerprint density at radius 1 is 0.510 bits per heavy atom. The number of unbranched alkanes of at least 4 members (excludes halogenated alkanes) is 28. The maximum atomic E-state index is 12.4. The van der Waals surface area contributed by atoms with Gasteiger partial charge in [-0.25, -0.2) is 0 Å². The molecular formula is C44H85NO4. The smallest absolute Gasteiger partial charge is 0.222 e. The van der Waals surface area contributed by atoms with Gasteiger partial charge in [-0.1, -0.05) is 199 Å². The highest BCUT2D eigenvalue weighted by Crippen LogP contribution is 2.15. The molecule has 4 N–H and O–H groups in total. The fraction of sp³-hybridized carbons (Fsp3) is 0.886. The molecule has 0 fully saturated rings. The van der Waals surface area contributed by atoms with E-state index in [4.69, 9.17) is 0 Å². The summed E-state index contributed by atoms with van der Waals surface area (Å²) < 4.78 is 0. The van der Waals surface area contributed by atoms with Gasteiger partial charge in [-0.15, -0.1) is 0 Å². The number of hydrogen-bond acceptors (Lipinski definition) is 4. The van der Waals surface area contributed by atoms with E-state index in [1.54, 1.807) is 6.08 Å². The monoisotopic (exact) mass is 692 g/mol. The van der Waals surface area contributed by atoms with Gasteiger partial charge in [0.1, 0.15) is 0 Å². The maximum Gasteiger partial charge on any atom is 0.222 e. The Bertz CT molecular complexity index is 724. The minimum Gasteiger partial charge on any atom is -0.394 e. The Morgan fingerprint density at radius 3 is 1.24 bits per heavy atom. The molecular weight excluding hydrogens is 606 g/mol. The maximum absolute atomic E-state index is 12.4. The molecule has 0 heterocycles. The number of amides is 1. The normalized spacial score (nSPS) is 13.8. The van der Waals surface area contributed by atoms with Gasteiger partial charge in [-0.2, -0.15) is 0 Å². The standard InChI is InChI=1S/C44H85NO4/c1-3-5-7-9-11-13-15-17-19-20-21-22-23-24-25-27-29-31-33-35-37-41(47)39-44(49)45-42(40-46)43(48)38-36-34-32-30-28-26-18-16-14-12-10-8-6-4-2/h23-24,36,38,41-43,46-48H,3-22,25-35,37,39-40H2,1-2H3,(H,45,49)/b24-23-,38-36+. The summed E-state index contributed by atoms with van der Waals surface area (Å²) in [6, 6.07) is -0.744. The summed E-state index contributed by atoms with van der Waals surface area (Å²) in [7, 11) is 0. The van der Waals surface area contributed by atoms with Gasteiger partial charge in [0.25, 0.3) is 0 Å². The summed E-state index contributed by atoms with van der Waals surface area (Å²) >= 11 is 0. The zero-order valence-corrected chi connectivity index (χ0v) is 32.8. The fourth-order valence-corrected chi connectivity index (χ4v) is 6.63. The van der Waals surface area contributed by atoms with Crippen LogP contribution in [0.25, 0.3) is 0 Å². The fourth-order valence-electron chi connectivity index (χ4n) is 6.63. The van der Waals surface area contributed by atoms with Gasteiger partial charge in [0, 0.05) is 0 Å². The van der Waals surface area contributed by atoms with Crippen LogP contribution in [-0.4, -0.2) is 46.1 Å². The van der Waals surface area contributed by atoms with Gasteiger partial charge in [0.05, 0.1) is 31.3 Å². The van der Waals surface area contributed by atoms with Crippen LogP contribution in [0, 0.1) is 0 Å². The van der Waals surface area contributed by atoms with Crippen LogP contribution in [0.1, 0.15) is 226 Å². The Kier molecular flexibility index (Phi) is 38.7. The Balaban J connectivity index is 3.67. The predicted molar refractivity (Wildman–Crippen MR) is 213 cm³/mol. The van der Waals surface area contributed by atoms with E-state index in [1.807, 2.05) is 6.08 Å². The molecule has 0 aromatic rings. The van der Waals surface area contributed by atoms with Crippen LogP contribution in [0.4, 0.5) is 0 Å². The third-order valence-corrected chi connectivity index (χ3v) is 9.98. The molecule has 0 aromatic heterocycles. The lowest BCUT2D eigenvalue weighted by Crippen LogP contribution is -2.45. The van der Waals surface area contributed by atoms with Gasteiger partial charge >= 0.3 is 0 Å². The minimum absolute atomic E-state index is 0.00963. The van der Waals surface area contributed by atoms with Crippen LogP contribution in [-0.2, 0) is 4.79 Å². The van der Waals surface area contributed by atoms with E-state index < -0.39 is 18.2 Å². The Morgan fingerprint density at radius 2 is 0.857 bits per heavy atom. The van der Waals surface area contributed by atoms with Crippen molar-refractivity contribution in [1.82, 2.24) is 5.32 Å². The number of allylic oxidation sites excluding steroid dienone is 3. The summed E-state index contributed by atoms with van der Waals surface area (Å²) in [6.45, 7) is 4.21. The number of carbonyl (C=O) groups is 1. The second kappa shape index (κ2) is 39.6. The number of carbonyl (C=O) groups excluding carboxylic acids is 1. The summed E-state index contributed by atoms with van der Waals surface area (Å²) in [6.07, 6.45) is 47.4. The highest BCUT2D eigenvalue weighted by atomic mass is 16.3. The van der Waals surface area contributed by atoms with E-state index in [0.29, 0.717) is 6.42 Å². The first-order chi connectivity index (χ1) is 24.0. The molecule has 0 spiro atoms. The van der Waals surface area contributed by atoms with Crippen molar-refractivity contribution >= 4 is 5.91 Å². The van der Waals surface area contributed by atoms with Crippen LogP contribution in [0.5, 0.6) is 0 Å². The predicted octanol–water partition coefficient (Wildman–Crippen LogP) is 12.2. The van der Waals surface area contributed by atoms with Crippen molar-refractivity contribution < 1.29 is 20.1 Å². The Labute approximate surface area is 305 Å². The van der Waals surface area contributed by atoms with Crippen molar-refractivity contribution in [2.75, 3.05) is 6.61 Å². The second-order valence-corrected chi connectivity index (χ2v) is 15.0. The average Bonchev–Trinajstić information content (AvgIpc) is 3.09. The van der Waals surface area contributed by atoms with E-state index >= 15 is 0 Å². The van der Waals surface area contributed by atoms with E-state index in [1.165, 1.54) is 161 Å². The van der Waals surface area contributed by atoms with Crippen molar-refractivity contribution in [2.45, 2.75) is 244 Å². The molecule has 3 atom stereocenters. The van der Waals surface area contributed by atoms with Gasteiger partial charge in [0.2, 0.25) is 5.91 Å². The van der Waals surface area contributed by atoms with Gasteiger partial charge in [-0.3, -0.25) is 4.79 Å². The number of rotatable bonds is 39. The third-order valence-electron chi connectivity index (χ3n) is 9.98. The first kappa shape index (κ1) is 47.8. The molecule has 49 heavy (non-hydrogen) atoms. The van der Waals surface area contributed by atoms with Crippen LogP contribution in [0.3, 0.4) is 0 Å². The molecule has 0 aliphatic carbocycles. The third kappa shape index (κ3) is 36.4. The largest absolute Gasteiger partial charge is 0.394 e. The molecule has 5 nitrogen and oxygen atoms in total. The highest BCUT2D eigenvalue weighted by molar-refractivity contribution is 5.76. The van der Waals surface area contributed by atoms with Crippen molar-refractivity contribution in [1.29, 1.82) is 0 Å². The zero-order chi connectivity index (χ0) is 35.9. The molecule has 0 saturated carbocycles. The number of hydrogen-bond donors (Lipinski definition) is 4. The van der Waals surface area contributed by atoms with Gasteiger partial charge in [0.15, 0.2) is 0 Å². The molecule has 0 bridgehead atoms. The van der Waals surface area contributed by atoms with E-state index in [-0.39, 0.29) is 18.9 Å². The van der Waals surface area contributed by atoms with E-state index in [9.17, 15) is 20.1 Å². The van der Waals surface area contributed by atoms with Gasteiger partial charge in [-0.05, 0) is 44.9 Å². The first-order valence-electron chi connectivity index (χ1n) is 21.6. The molecule has 3 unspecified atom stereocenters. The van der Waals surface area contributed by atoms with Crippen molar-refractivity contribution in [3.05, 3.63) is 24.3 Å². The molecule has 0 rings (SSSR count). The first-order valence-corrected chi connectivity index (χ1v) is 21.6. The lowest BCUT2D eigenvalue weighted by molar-refractivity contribution is -0.124.